The second-order valence-electron chi connectivity index (χ2n) is 11.3. The molecule has 0 atom stereocenters. The molecule has 186 valence electrons. The van der Waals surface area contributed by atoms with Gasteiger partial charge in [0.1, 0.15) is 0 Å². The van der Waals surface area contributed by atoms with Crippen LogP contribution in [-0.2, 0) is 11.1 Å². The minimum Gasteiger partial charge on any atom is -0.294 e. The van der Waals surface area contributed by atoms with Crippen molar-refractivity contribution in [3.05, 3.63) is 58.3 Å². The van der Waals surface area contributed by atoms with Crippen LogP contribution in [0.25, 0.3) is 0 Å². The molecule has 2 saturated carbocycles. The first kappa shape index (κ1) is 24.5. The maximum atomic E-state index is 2.82. The highest BCUT2D eigenvalue weighted by atomic mass is 32.1. The highest BCUT2D eigenvalue weighted by Crippen LogP contribution is 2.45. The van der Waals surface area contributed by atoms with Crippen LogP contribution < -0.4 is 0 Å². The van der Waals surface area contributed by atoms with Crippen LogP contribution in [0.5, 0.6) is 0 Å². The summed E-state index contributed by atoms with van der Waals surface area (Å²) in [6.07, 6.45) is 21.1. The molecular formula is C31H46N2S. The van der Waals surface area contributed by atoms with Crippen molar-refractivity contribution in [2.75, 3.05) is 26.2 Å². The zero-order valence-corrected chi connectivity index (χ0v) is 22.2. The van der Waals surface area contributed by atoms with E-state index >= 15 is 0 Å². The van der Waals surface area contributed by atoms with Crippen molar-refractivity contribution in [2.24, 2.45) is 0 Å². The zero-order valence-electron chi connectivity index (χ0n) is 21.4. The number of nitrogens with zero attached hydrogens (tertiary/aromatic N) is 2. The first-order valence-corrected chi connectivity index (χ1v) is 15.3. The molecule has 34 heavy (non-hydrogen) atoms. The van der Waals surface area contributed by atoms with Crippen molar-refractivity contribution in [3.63, 3.8) is 0 Å². The van der Waals surface area contributed by atoms with Crippen molar-refractivity contribution in [1.82, 2.24) is 9.80 Å². The molecule has 0 radical (unpaired) electrons. The van der Waals surface area contributed by atoms with E-state index in [-0.39, 0.29) is 0 Å². The number of hydrogen-bond acceptors (Lipinski definition) is 3. The summed E-state index contributed by atoms with van der Waals surface area (Å²) in [5.74, 6) is 0. The van der Waals surface area contributed by atoms with Crippen molar-refractivity contribution in [1.29, 1.82) is 0 Å². The molecule has 4 aliphatic rings. The highest BCUT2D eigenvalue weighted by Gasteiger charge is 2.41. The third-order valence-electron chi connectivity index (χ3n) is 9.33. The quantitative estimate of drug-likeness (QED) is 0.436. The monoisotopic (exact) mass is 478 g/mol. The molecule has 0 bridgehead atoms. The van der Waals surface area contributed by atoms with E-state index in [0.29, 0.717) is 11.1 Å². The molecule has 2 aliphatic heterocycles. The van der Waals surface area contributed by atoms with Crippen LogP contribution in [-0.4, -0.2) is 36.0 Å². The molecule has 0 spiro atoms. The van der Waals surface area contributed by atoms with Gasteiger partial charge in [0.25, 0.3) is 0 Å². The van der Waals surface area contributed by atoms with Crippen LogP contribution >= 0.6 is 11.3 Å². The Morgan fingerprint density at radius 3 is 1.56 bits per heavy atom. The lowest BCUT2D eigenvalue weighted by atomic mass is 9.75. The number of likely N-dealkylation sites (tertiary alicyclic amines) is 2. The molecule has 2 aromatic rings. The lowest BCUT2D eigenvalue weighted by molar-refractivity contribution is 0.0332. The van der Waals surface area contributed by atoms with Gasteiger partial charge in [0, 0.05) is 10.4 Å². The second-order valence-corrected chi connectivity index (χ2v) is 12.2. The zero-order chi connectivity index (χ0) is 23.1. The van der Waals surface area contributed by atoms with Gasteiger partial charge >= 0.3 is 0 Å². The van der Waals surface area contributed by atoms with Crippen LogP contribution in [0.1, 0.15) is 107 Å². The van der Waals surface area contributed by atoms with Crippen LogP contribution in [0.2, 0.25) is 0 Å². The number of benzene rings is 1. The van der Waals surface area contributed by atoms with E-state index in [1.54, 1.807) is 10.4 Å². The molecule has 6 rings (SSSR count). The number of hydrogen-bond donors (Lipinski definition) is 0. The third-order valence-corrected chi connectivity index (χ3v) is 10.4. The van der Waals surface area contributed by atoms with Crippen molar-refractivity contribution in [3.8, 4) is 0 Å². The fourth-order valence-corrected chi connectivity index (χ4v) is 8.55. The summed E-state index contributed by atoms with van der Waals surface area (Å²) in [5.41, 5.74) is 2.38. The molecule has 2 saturated heterocycles. The average Bonchev–Trinajstić information content (AvgIpc) is 3.67. The lowest BCUT2D eigenvalue weighted by Gasteiger charge is -2.48. The van der Waals surface area contributed by atoms with Gasteiger partial charge in [-0.2, -0.15) is 0 Å². The first-order valence-electron chi connectivity index (χ1n) is 14.4. The largest absolute Gasteiger partial charge is 0.294 e. The molecule has 3 heteroatoms. The predicted octanol–water partition coefficient (Wildman–Crippen LogP) is 8.34. The van der Waals surface area contributed by atoms with Gasteiger partial charge in [-0.15, -0.1) is 11.3 Å². The Morgan fingerprint density at radius 1 is 0.500 bits per heavy atom. The number of thiophene rings is 1. The Kier molecular flexibility index (Phi) is 8.45. The highest BCUT2D eigenvalue weighted by molar-refractivity contribution is 7.10. The molecule has 0 amide bonds. The normalized spacial score (nSPS) is 25.4. The average molecular weight is 479 g/mol. The van der Waals surface area contributed by atoms with Gasteiger partial charge in [0.2, 0.25) is 0 Å². The van der Waals surface area contributed by atoms with Crippen molar-refractivity contribution < 1.29 is 0 Å². The molecule has 1 aromatic heterocycles. The summed E-state index contributed by atoms with van der Waals surface area (Å²) in [5, 5.41) is 2.26. The summed E-state index contributed by atoms with van der Waals surface area (Å²) in [6, 6.07) is 15.9. The smallest absolute Gasteiger partial charge is 0.0553 e. The molecule has 1 aromatic carbocycles. The topological polar surface area (TPSA) is 6.48 Å². The van der Waals surface area contributed by atoms with Crippen molar-refractivity contribution in [2.45, 2.75) is 107 Å². The minimum absolute atomic E-state index is 0.385. The Morgan fingerprint density at radius 2 is 1.00 bits per heavy atom. The summed E-state index contributed by atoms with van der Waals surface area (Å²) in [4.78, 5) is 7.24. The van der Waals surface area contributed by atoms with Crippen molar-refractivity contribution >= 4 is 11.3 Å². The molecule has 2 nitrogen and oxygen atoms in total. The minimum atomic E-state index is 0.385. The van der Waals surface area contributed by atoms with Gasteiger partial charge in [-0.25, -0.2) is 0 Å². The molecular weight excluding hydrogens is 432 g/mol. The Hall–Kier alpha value is -1.16. The fourth-order valence-electron chi connectivity index (χ4n) is 7.54. The maximum Gasteiger partial charge on any atom is 0.0553 e. The van der Waals surface area contributed by atoms with Gasteiger partial charge in [-0.05, 0) is 94.6 Å². The summed E-state index contributed by atoms with van der Waals surface area (Å²) >= 11 is 1.98. The van der Waals surface area contributed by atoms with Gasteiger partial charge in [0.15, 0.2) is 0 Å². The van der Waals surface area contributed by atoms with E-state index < -0.39 is 0 Å². The van der Waals surface area contributed by atoms with E-state index in [0.717, 1.165) is 0 Å². The van der Waals surface area contributed by atoms with Crippen LogP contribution in [0, 0.1) is 0 Å². The Balaban J connectivity index is 0.000000142. The van der Waals surface area contributed by atoms with Gasteiger partial charge in [-0.3, -0.25) is 9.80 Å². The third kappa shape index (κ3) is 5.18. The van der Waals surface area contributed by atoms with Crippen LogP contribution in [0.4, 0.5) is 0 Å². The molecule has 0 unspecified atom stereocenters. The summed E-state index contributed by atoms with van der Waals surface area (Å²) in [6.45, 7) is 5.29. The van der Waals surface area contributed by atoms with Crippen LogP contribution in [0.3, 0.4) is 0 Å². The van der Waals surface area contributed by atoms with E-state index in [1.165, 1.54) is 122 Å². The second kappa shape index (κ2) is 11.7. The molecule has 0 N–H and O–H groups in total. The Labute approximate surface area is 212 Å². The van der Waals surface area contributed by atoms with Gasteiger partial charge in [-0.1, -0.05) is 81.3 Å². The SMILES string of the molecule is c1ccc(C2(N3CCCC3)CCCCC2)cc1.c1csc(C2(N3CCCCC3)CCCCC2)c1. The maximum absolute atomic E-state index is 2.82. The van der Waals surface area contributed by atoms with Crippen LogP contribution in [0.15, 0.2) is 47.8 Å². The number of rotatable bonds is 4. The molecule has 4 fully saturated rings. The summed E-state index contributed by atoms with van der Waals surface area (Å²) < 4.78 is 0. The first-order chi connectivity index (χ1) is 16.8. The number of piperidine rings is 1. The van der Waals surface area contributed by atoms with E-state index in [1.807, 2.05) is 11.3 Å². The standard InChI is InChI=1S/C16H23N.C15H23NS/c1-3-9-15(10-4-1)16(11-5-2-6-12-16)17-13-7-8-14-17;1-3-9-15(10-4-1,14-8-7-13-17-14)16-11-5-2-6-12-16/h1,3-4,9-10H,2,5-8,11-14H2;7-8,13H,1-6,9-12H2. The van der Waals surface area contributed by atoms with Gasteiger partial charge in [0.05, 0.1) is 5.54 Å². The predicted molar refractivity (Wildman–Crippen MR) is 147 cm³/mol. The fraction of sp³-hybridized carbons (Fsp3) is 0.677. The van der Waals surface area contributed by atoms with E-state index in [9.17, 15) is 0 Å². The Bertz CT molecular complexity index is 822. The summed E-state index contributed by atoms with van der Waals surface area (Å²) in [7, 11) is 0. The molecule has 3 heterocycles. The van der Waals surface area contributed by atoms with E-state index in [4.69, 9.17) is 0 Å². The molecule has 2 aliphatic carbocycles. The lowest BCUT2D eigenvalue weighted by Crippen LogP contribution is -2.49. The van der Waals surface area contributed by atoms with E-state index in [2.05, 4.69) is 57.6 Å². The van der Waals surface area contributed by atoms with Gasteiger partial charge < -0.3 is 0 Å².